The van der Waals surface area contributed by atoms with Gasteiger partial charge in [0.15, 0.2) is 0 Å². The number of nitrogens with one attached hydrogen (secondary N) is 1. The van der Waals surface area contributed by atoms with E-state index in [2.05, 4.69) is 48.9 Å². The zero-order valence-corrected chi connectivity index (χ0v) is 15.5. The third-order valence-corrected chi connectivity index (χ3v) is 4.66. The van der Waals surface area contributed by atoms with E-state index in [4.69, 9.17) is 4.74 Å². The van der Waals surface area contributed by atoms with Gasteiger partial charge in [0.2, 0.25) is 5.95 Å². The van der Waals surface area contributed by atoms with Crippen molar-refractivity contribution < 1.29 is 4.74 Å². The summed E-state index contributed by atoms with van der Waals surface area (Å²) in [6.07, 6.45) is 7.59. The Hall–Kier alpha value is -2.77. The second-order valence-corrected chi connectivity index (χ2v) is 6.79. The molecule has 0 bridgehead atoms. The van der Waals surface area contributed by atoms with Gasteiger partial charge in [-0.3, -0.25) is 0 Å². The van der Waals surface area contributed by atoms with Crippen LogP contribution >= 0.6 is 0 Å². The number of rotatable bonds is 6. The lowest BCUT2D eigenvalue weighted by Crippen LogP contribution is -2.41. The zero-order chi connectivity index (χ0) is 18.5. The molecule has 2 aromatic heterocycles. The molecule has 1 atom stereocenters. The second kappa shape index (κ2) is 8.28. The normalized spacial score (nSPS) is 17.7. The highest BCUT2D eigenvalue weighted by molar-refractivity contribution is 5.53. The van der Waals surface area contributed by atoms with Crippen molar-refractivity contribution in [3.8, 4) is 11.4 Å². The Balaban J connectivity index is 1.41. The van der Waals surface area contributed by atoms with Crippen molar-refractivity contribution in [2.45, 2.75) is 19.2 Å². The van der Waals surface area contributed by atoms with Gasteiger partial charge in [0, 0.05) is 44.4 Å². The summed E-state index contributed by atoms with van der Waals surface area (Å²) in [4.78, 5) is 15.6. The minimum absolute atomic E-state index is 0.171. The Morgan fingerprint density at radius 3 is 2.74 bits per heavy atom. The van der Waals surface area contributed by atoms with Crippen LogP contribution in [0, 0.1) is 0 Å². The fourth-order valence-corrected chi connectivity index (χ4v) is 3.23. The molecule has 3 heterocycles. The first kappa shape index (κ1) is 17.6. The molecule has 1 aromatic carbocycles. The minimum atomic E-state index is 0.171. The smallest absolute Gasteiger partial charge is 0.222 e. The molecule has 0 spiro atoms. The number of imidazole rings is 1. The first-order chi connectivity index (χ1) is 13.3. The maximum absolute atomic E-state index is 5.87. The van der Waals surface area contributed by atoms with Gasteiger partial charge in [-0.05, 0) is 12.6 Å². The molecule has 7 nitrogen and oxygen atoms in total. The largest absolute Gasteiger partial charge is 0.374 e. The molecule has 27 heavy (non-hydrogen) atoms. The summed E-state index contributed by atoms with van der Waals surface area (Å²) in [5.41, 5.74) is 2.09. The molecule has 3 aromatic rings. The fraction of sp³-hybridized carbons (Fsp3) is 0.350. The Bertz CT molecular complexity index is 848. The van der Waals surface area contributed by atoms with E-state index >= 15 is 0 Å². The first-order valence-electron chi connectivity index (χ1n) is 9.19. The van der Waals surface area contributed by atoms with Crippen LogP contribution in [0.25, 0.3) is 11.4 Å². The predicted octanol–water partition coefficient (Wildman–Crippen LogP) is 2.28. The van der Waals surface area contributed by atoms with E-state index in [9.17, 15) is 0 Å². The average molecular weight is 364 g/mol. The summed E-state index contributed by atoms with van der Waals surface area (Å²) in [7, 11) is 2.12. The number of morpholine rings is 1. The number of likely N-dealkylation sites (N-methyl/N-ethyl adjacent to an activating group) is 1. The van der Waals surface area contributed by atoms with Gasteiger partial charge in [0.05, 0.1) is 24.8 Å². The molecule has 0 aliphatic carbocycles. The number of benzene rings is 1. The average Bonchev–Trinajstić information content (AvgIpc) is 3.16. The van der Waals surface area contributed by atoms with Gasteiger partial charge in [0.25, 0.3) is 0 Å². The number of hydrogen-bond acceptors (Lipinski definition) is 6. The molecule has 1 saturated heterocycles. The molecule has 4 rings (SSSR count). The summed E-state index contributed by atoms with van der Waals surface area (Å²) in [6, 6.07) is 10.2. The van der Waals surface area contributed by atoms with Gasteiger partial charge in [0.1, 0.15) is 5.82 Å². The van der Waals surface area contributed by atoms with Gasteiger partial charge in [-0.25, -0.2) is 15.0 Å². The van der Waals surface area contributed by atoms with Crippen molar-refractivity contribution in [2.24, 2.45) is 0 Å². The molecule has 0 saturated carbocycles. The summed E-state index contributed by atoms with van der Waals surface area (Å²) in [5, 5.41) is 3.24. The molecular weight excluding hydrogens is 340 g/mol. The van der Waals surface area contributed by atoms with Crippen LogP contribution in [0.1, 0.15) is 5.56 Å². The number of ether oxygens (including phenoxy) is 1. The van der Waals surface area contributed by atoms with E-state index in [1.807, 2.05) is 43.0 Å². The molecule has 0 amide bonds. The molecular formula is C20H24N6O. The maximum Gasteiger partial charge on any atom is 0.222 e. The van der Waals surface area contributed by atoms with Crippen LogP contribution < -0.4 is 5.32 Å². The third-order valence-electron chi connectivity index (χ3n) is 4.66. The van der Waals surface area contributed by atoms with Gasteiger partial charge in [-0.2, -0.15) is 0 Å². The highest BCUT2D eigenvalue weighted by Gasteiger charge is 2.19. The van der Waals surface area contributed by atoms with Crippen LogP contribution in [0.15, 0.2) is 55.1 Å². The van der Waals surface area contributed by atoms with Crippen molar-refractivity contribution in [3.05, 3.63) is 60.7 Å². The van der Waals surface area contributed by atoms with Crippen LogP contribution in [0.3, 0.4) is 0 Å². The standard InChI is InChI=1S/C20H24N6O/c1-25-9-10-27-18(14-25)15-26-8-7-21-19(26)17-12-23-20(24-13-17)22-11-16-5-3-2-4-6-16/h2-8,12-13,18H,9-11,14-15H2,1H3,(H,22,23,24). The molecule has 7 heteroatoms. The maximum atomic E-state index is 5.87. The van der Waals surface area contributed by atoms with Gasteiger partial charge in [-0.1, -0.05) is 30.3 Å². The molecule has 1 fully saturated rings. The number of hydrogen-bond donors (Lipinski definition) is 1. The van der Waals surface area contributed by atoms with E-state index in [0.29, 0.717) is 12.5 Å². The SMILES string of the molecule is CN1CCOC(Cn2ccnc2-c2cnc(NCc3ccccc3)nc2)C1. The van der Waals surface area contributed by atoms with Crippen molar-refractivity contribution in [1.29, 1.82) is 0 Å². The highest BCUT2D eigenvalue weighted by Crippen LogP contribution is 2.18. The van der Waals surface area contributed by atoms with E-state index in [0.717, 1.165) is 37.6 Å². The second-order valence-electron chi connectivity index (χ2n) is 6.79. The monoisotopic (exact) mass is 364 g/mol. The van der Waals surface area contributed by atoms with Crippen molar-refractivity contribution in [1.82, 2.24) is 24.4 Å². The van der Waals surface area contributed by atoms with Crippen molar-refractivity contribution in [3.63, 3.8) is 0 Å². The van der Waals surface area contributed by atoms with Gasteiger partial charge >= 0.3 is 0 Å². The Morgan fingerprint density at radius 1 is 1.15 bits per heavy atom. The Kier molecular flexibility index (Phi) is 5.41. The molecule has 0 radical (unpaired) electrons. The van der Waals surface area contributed by atoms with Gasteiger partial charge in [-0.15, -0.1) is 0 Å². The number of anilines is 1. The molecule has 140 valence electrons. The molecule has 1 aliphatic heterocycles. The zero-order valence-electron chi connectivity index (χ0n) is 15.5. The fourth-order valence-electron chi connectivity index (χ4n) is 3.23. The van der Waals surface area contributed by atoms with Crippen molar-refractivity contribution >= 4 is 5.95 Å². The van der Waals surface area contributed by atoms with Crippen molar-refractivity contribution in [2.75, 3.05) is 32.1 Å². The molecule has 1 unspecified atom stereocenters. The highest BCUT2D eigenvalue weighted by atomic mass is 16.5. The number of aromatic nitrogens is 4. The third kappa shape index (κ3) is 4.50. The van der Waals surface area contributed by atoms with Crippen LogP contribution in [-0.4, -0.2) is 57.3 Å². The summed E-state index contributed by atoms with van der Waals surface area (Å²) < 4.78 is 7.98. The van der Waals surface area contributed by atoms with Crippen LogP contribution in [0.4, 0.5) is 5.95 Å². The van der Waals surface area contributed by atoms with E-state index < -0.39 is 0 Å². The lowest BCUT2D eigenvalue weighted by atomic mass is 10.2. The van der Waals surface area contributed by atoms with E-state index in [1.165, 1.54) is 5.56 Å². The number of nitrogens with zero attached hydrogens (tertiary/aromatic N) is 5. The van der Waals surface area contributed by atoms with E-state index in [-0.39, 0.29) is 6.10 Å². The Morgan fingerprint density at radius 2 is 1.96 bits per heavy atom. The summed E-state index contributed by atoms with van der Waals surface area (Å²) in [5.74, 6) is 1.47. The summed E-state index contributed by atoms with van der Waals surface area (Å²) in [6.45, 7) is 4.15. The van der Waals surface area contributed by atoms with Crippen LogP contribution in [-0.2, 0) is 17.8 Å². The minimum Gasteiger partial charge on any atom is -0.374 e. The first-order valence-corrected chi connectivity index (χ1v) is 9.19. The quantitative estimate of drug-likeness (QED) is 0.724. The lowest BCUT2D eigenvalue weighted by molar-refractivity contribution is -0.0272. The lowest BCUT2D eigenvalue weighted by Gasteiger charge is -2.30. The van der Waals surface area contributed by atoms with Crippen LogP contribution in [0.2, 0.25) is 0 Å². The molecule has 1 aliphatic rings. The Labute approximate surface area is 159 Å². The van der Waals surface area contributed by atoms with Gasteiger partial charge < -0.3 is 19.5 Å². The predicted molar refractivity (Wildman–Crippen MR) is 104 cm³/mol. The topological polar surface area (TPSA) is 68.1 Å². The summed E-state index contributed by atoms with van der Waals surface area (Å²) >= 11 is 0. The van der Waals surface area contributed by atoms with E-state index in [1.54, 1.807) is 0 Å². The molecule has 1 N–H and O–H groups in total. The van der Waals surface area contributed by atoms with Crippen LogP contribution in [0.5, 0.6) is 0 Å².